The standard InChI is InChI=1S/C38H55N9O10S/c1-19(2)15-25-33(53)43-26(16-21-8-10-22(48)11-9-21)34(54)41-23(7-5-6-14-39)32(52)44-27(17-30(50)51)35(55)42-24(12-13-29(40)49)38-46-28(18-58-38)36(56)47-31(20(3)4)37(57)45-25/h8-11,18-20,23-27,31,48H,5-7,12-17,39H2,1-4H3,(H2,40,49)(H,41,54)(H,42,55)(H,43,53)(H,44,52)(H,45,57)(H,47,56)(H,50,51)/t23-,24-,25-,26-,27-,31-/m0/s1. The van der Waals surface area contributed by atoms with Crippen LogP contribution in [-0.2, 0) is 40.0 Å². The first-order valence-corrected chi connectivity index (χ1v) is 20.0. The van der Waals surface area contributed by atoms with Crippen molar-refractivity contribution in [1.82, 2.24) is 36.9 Å². The summed E-state index contributed by atoms with van der Waals surface area (Å²) in [6, 6.07) is -1.87. The van der Waals surface area contributed by atoms with Crippen molar-refractivity contribution in [3.05, 3.63) is 45.9 Å². The number of aromatic hydroxyl groups is 1. The van der Waals surface area contributed by atoms with E-state index in [1.165, 1.54) is 17.5 Å². The summed E-state index contributed by atoms with van der Waals surface area (Å²) in [6.45, 7) is 7.31. The van der Waals surface area contributed by atoms with Crippen molar-refractivity contribution < 1.29 is 48.6 Å². The number of phenols is 1. The number of aliphatic carboxylic acids is 1. The van der Waals surface area contributed by atoms with E-state index in [0.29, 0.717) is 18.4 Å². The summed E-state index contributed by atoms with van der Waals surface area (Å²) in [6.07, 6.45) is -0.369. The Morgan fingerprint density at radius 2 is 1.33 bits per heavy atom. The van der Waals surface area contributed by atoms with Gasteiger partial charge in [0.1, 0.15) is 46.7 Å². The Bertz CT molecular complexity index is 1790. The number of nitrogens with zero attached hydrogens (tertiary/aromatic N) is 1. The molecule has 2 bridgehead atoms. The average Bonchev–Trinajstić information content (AvgIpc) is 3.64. The molecule has 1 aliphatic heterocycles. The Morgan fingerprint density at radius 3 is 1.93 bits per heavy atom. The Kier molecular flexibility index (Phi) is 18.0. The molecule has 1 aromatic carbocycles. The first-order valence-electron chi connectivity index (χ1n) is 19.1. The van der Waals surface area contributed by atoms with Crippen LogP contribution in [0, 0.1) is 11.8 Å². The van der Waals surface area contributed by atoms with Crippen molar-refractivity contribution in [2.45, 2.75) is 115 Å². The smallest absolute Gasteiger partial charge is 0.305 e. The molecule has 2 heterocycles. The van der Waals surface area contributed by atoms with E-state index in [-0.39, 0.29) is 61.0 Å². The Morgan fingerprint density at radius 1 is 0.759 bits per heavy atom. The highest BCUT2D eigenvalue weighted by Crippen LogP contribution is 2.24. The highest BCUT2D eigenvalue weighted by atomic mass is 32.1. The highest BCUT2D eigenvalue weighted by Gasteiger charge is 2.35. The normalized spacial score (nSPS) is 22.8. The number of hydrogen-bond acceptors (Lipinski definition) is 12. The van der Waals surface area contributed by atoms with Crippen LogP contribution in [0.4, 0.5) is 0 Å². The number of thiazole rings is 1. The summed E-state index contributed by atoms with van der Waals surface area (Å²) in [5, 5.41) is 36.9. The lowest BCUT2D eigenvalue weighted by atomic mass is 9.98. The van der Waals surface area contributed by atoms with E-state index >= 15 is 0 Å². The van der Waals surface area contributed by atoms with Crippen LogP contribution in [0.3, 0.4) is 0 Å². The number of phenolic OH excluding ortho intramolecular Hbond substituents is 1. The lowest BCUT2D eigenvalue weighted by Gasteiger charge is -2.28. The molecule has 20 heteroatoms. The number of carbonyl (C=O) groups excluding carboxylic acids is 7. The SMILES string of the molecule is CC(C)C[C@@H]1NC(=O)[C@H](C(C)C)NC(=O)c2csc(n2)[C@H](CCC(N)=O)NC(=O)[C@H](CC(=O)O)NC(=O)[C@H](CCCCN)NC(=O)[C@H](Cc2ccc(O)cc2)NC1=O. The molecule has 0 saturated heterocycles. The number of carboxylic acids is 1. The molecule has 0 saturated carbocycles. The molecule has 318 valence electrons. The van der Waals surface area contributed by atoms with Gasteiger partial charge in [0.2, 0.25) is 35.4 Å². The molecule has 0 aliphatic carbocycles. The fourth-order valence-corrected chi connectivity index (χ4v) is 7.01. The molecular weight excluding hydrogens is 775 g/mol. The Balaban J connectivity index is 2.16. The predicted octanol–water partition coefficient (Wildman–Crippen LogP) is -0.129. The van der Waals surface area contributed by atoms with E-state index in [1.807, 2.05) is 13.8 Å². The quantitative estimate of drug-likeness (QED) is 0.111. The molecule has 58 heavy (non-hydrogen) atoms. The van der Waals surface area contributed by atoms with Gasteiger partial charge in [-0.15, -0.1) is 11.3 Å². The van der Waals surface area contributed by atoms with Crippen LogP contribution in [0.5, 0.6) is 5.75 Å². The molecule has 2 aromatic rings. The number of nitrogens with two attached hydrogens (primary N) is 2. The molecule has 6 atom stereocenters. The summed E-state index contributed by atoms with van der Waals surface area (Å²) < 4.78 is 0. The summed E-state index contributed by atoms with van der Waals surface area (Å²) >= 11 is 0.950. The number of aromatic nitrogens is 1. The zero-order chi connectivity index (χ0) is 43.1. The van der Waals surface area contributed by atoms with Gasteiger partial charge in [-0.05, 0) is 68.2 Å². The lowest BCUT2D eigenvalue weighted by Crippen LogP contribution is -2.60. The molecule has 0 spiro atoms. The van der Waals surface area contributed by atoms with E-state index in [9.17, 15) is 48.6 Å². The molecule has 0 radical (unpaired) electrons. The largest absolute Gasteiger partial charge is 0.508 e. The number of benzene rings is 1. The molecule has 0 unspecified atom stereocenters. The topological polar surface area (TPSA) is 314 Å². The van der Waals surface area contributed by atoms with Crippen LogP contribution in [0.25, 0.3) is 0 Å². The van der Waals surface area contributed by atoms with Crippen molar-refractivity contribution in [2.75, 3.05) is 6.54 Å². The molecular formula is C38H55N9O10S. The summed E-state index contributed by atoms with van der Waals surface area (Å²) in [5.74, 6) is -7.63. The van der Waals surface area contributed by atoms with E-state index in [0.717, 1.165) is 11.3 Å². The van der Waals surface area contributed by atoms with E-state index < -0.39 is 95.9 Å². The van der Waals surface area contributed by atoms with Gasteiger partial charge in [-0.3, -0.25) is 38.4 Å². The Labute approximate surface area is 340 Å². The highest BCUT2D eigenvalue weighted by molar-refractivity contribution is 7.09. The van der Waals surface area contributed by atoms with Gasteiger partial charge in [-0.25, -0.2) is 4.98 Å². The molecule has 0 fully saturated rings. The molecule has 7 amide bonds. The average molecular weight is 830 g/mol. The molecule has 1 aromatic heterocycles. The number of hydrogen-bond donors (Lipinski definition) is 10. The van der Waals surface area contributed by atoms with Gasteiger partial charge in [0.05, 0.1) is 12.5 Å². The maximum absolute atomic E-state index is 14.1. The van der Waals surface area contributed by atoms with E-state index in [1.54, 1.807) is 26.0 Å². The number of carbonyl (C=O) groups is 8. The third kappa shape index (κ3) is 14.7. The first-order chi connectivity index (χ1) is 27.4. The number of amides is 7. The van der Waals surface area contributed by atoms with Crippen LogP contribution in [0.15, 0.2) is 29.6 Å². The number of fused-ring (bicyclic) bond motifs is 2. The van der Waals surface area contributed by atoms with Crippen molar-refractivity contribution in [1.29, 1.82) is 0 Å². The second-order valence-corrected chi connectivity index (χ2v) is 15.8. The third-order valence-electron chi connectivity index (χ3n) is 9.23. The second kappa shape index (κ2) is 22.3. The minimum absolute atomic E-state index is 0.0167. The number of carboxylic acid groups (broad SMARTS) is 1. The van der Waals surface area contributed by atoms with Crippen LogP contribution >= 0.6 is 11.3 Å². The van der Waals surface area contributed by atoms with Crippen molar-refractivity contribution in [3.63, 3.8) is 0 Å². The third-order valence-corrected chi connectivity index (χ3v) is 10.2. The maximum atomic E-state index is 14.1. The minimum Gasteiger partial charge on any atom is -0.508 e. The van der Waals surface area contributed by atoms with E-state index in [2.05, 4.69) is 36.9 Å². The Hall–Kier alpha value is -5.63. The molecule has 19 nitrogen and oxygen atoms in total. The zero-order valence-electron chi connectivity index (χ0n) is 33.0. The van der Waals surface area contributed by atoms with Crippen molar-refractivity contribution in [3.8, 4) is 5.75 Å². The van der Waals surface area contributed by atoms with Crippen molar-refractivity contribution >= 4 is 58.7 Å². The number of unbranched alkanes of at least 4 members (excludes halogenated alkanes) is 1. The zero-order valence-corrected chi connectivity index (χ0v) is 33.9. The molecule has 3 rings (SSSR count). The van der Waals surface area contributed by atoms with Gasteiger partial charge in [0.15, 0.2) is 0 Å². The van der Waals surface area contributed by atoms with Crippen LogP contribution in [-0.4, -0.2) is 99.3 Å². The summed E-state index contributed by atoms with van der Waals surface area (Å²) in [5.41, 5.74) is 11.5. The second-order valence-electron chi connectivity index (χ2n) is 15.0. The van der Waals surface area contributed by atoms with Gasteiger partial charge < -0.3 is 53.6 Å². The van der Waals surface area contributed by atoms with Gasteiger partial charge >= 0.3 is 5.97 Å². The minimum atomic E-state index is -1.68. The number of rotatable bonds is 14. The molecule has 12 N–H and O–H groups in total. The first kappa shape index (κ1) is 46.8. The van der Waals surface area contributed by atoms with Gasteiger partial charge in [-0.2, -0.15) is 0 Å². The van der Waals surface area contributed by atoms with E-state index in [4.69, 9.17) is 11.5 Å². The monoisotopic (exact) mass is 829 g/mol. The fourth-order valence-electron chi connectivity index (χ4n) is 6.12. The van der Waals surface area contributed by atoms with Gasteiger partial charge in [0.25, 0.3) is 5.91 Å². The fraction of sp³-hybridized carbons (Fsp3) is 0.553. The van der Waals surface area contributed by atoms with Gasteiger partial charge in [-0.1, -0.05) is 39.8 Å². The maximum Gasteiger partial charge on any atom is 0.305 e. The lowest BCUT2D eigenvalue weighted by molar-refractivity contribution is -0.141. The van der Waals surface area contributed by atoms with Gasteiger partial charge in [0, 0.05) is 18.2 Å². The number of primary amides is 1. The molecule has 1 aliphatic rings. The van der Waals surface area contributed by atoms with Crippen LogP contribution in [0.2, 0.25) is 0 Å². The van der Waals surface area contributed by atoms with Crippen LogP contribution in [0.1, 0.15) is 99.7 Å². The summed E-state index contributed by atoms with van der Waals surface area (Å²) in [7, 11) is 0. The number of nitrogens with one attached hydrogen (secondary N) is 6. The predicted molar refractivity (Wildman–Crippen MR) is 212 cm³/mol. The summed E-state index contributed by atoms with van der Waals surface area (Å²) in [4.78, 5) is 111. The van der Waals surface area contributed by atoms with Crippen LogP contribution < -0.4 is 43.4 Å². The van der Waals surface area contributed by atoms with Crippen molar-refractivity contribution in [2.24, 2.45) is 23.3 Å².